The summed E-state index contributed by atoms with van der Waals surface area (Å²) in [5.41, 5.74) is 0.0593. The first kappa shape index (κ1) is 21.6. The summed E-state index contributed by atoms with van der Waals surface area (Å²) in [7, 11) is 0. The number of nitrogens with one attached hydrogen (secondary N) is 1. The van der Waals surface area contributed by atoms with Crippen LogP contribution in [0.25, 0.3) is 5.69 Å². The van der Waals surface area contributed by atoms with Crippen LogP contribution in [0.2, 0.25) is 0 Å². The minimum absolute atomic E-state index is 0.0341. The Morgan fingerprint density at radius 3 is 2.53 bits per heavy atom. The van der Waals surface area contributed by atoms with Crippen LogP contribution >= 0.6 is 0 Å². The largest absolute Gasteiger partial charge is 0.376 e. The van der Waals surface area contributed by atoms with Gasteiger partial charge in [0, 0.05) is 13.2 Å². The first-order valence-corrected chi connectivity index (χ1v) is 10.4. The number of nitrogens with zero attached hydrogens (tertiary/aromatic N) is 3. The Morgan fingerprint density at radius 2 is 1.88 bits per heavy atom. The van der Waals surface area contributed by atoms with E-state index in [4.69, 9.17) is 4.74 Å². The number of carbonyl (C=O) groups excluding carboxylic acids is 1. The van der Waals surface area contributed by atoms with E-state index in [1.54, 1.807) is 12.1 Å². The summed E-state index contributed by atoms with van der Waals surface area (Å²) < 4.78 is 20.8. The maximum Gasteiger partial charge on any atom is 0.352 e. The second kappa shape index (κ2) is 9.27. The van der Waals surface area contributed by atoms with Gasteiger partial charge in [0.2, 0.25) is 5.69 Å². The number of carbonyl (C=O) groups is 1. The summed E-state index contributed by atoms with van der Waals surface area (Å²) in [5, 5.41) is 6.70. The molecule has 2 heterocycles. The summed E-state index contributed by atoms with van der Waals surface area (Å²) in [6.07, 6.45) is 1.62. The molecule has 0 aliphatic carbocycles. The molecule has 0 saturated carbocycles. The molecule has 1 amide bonds. The van der Waals surface area contributed by atoms with Crippen LogP contribution in [-0.4, -0.2) is 39.5 Å². The second-order valence-corrected chi connectivity index (χ2v) is 7.74. The molecule has 0 radical (unpaired) electrons. The molecule has 32 heavy (non-hydrogen) atoms. The fourth-order valence-corrected chi connectivity index (χ4v) is 3.52. The van der Waals surface area contributed by atoms with Crippen LogP contribution in [0.5, 0.6) is 0 Å². The Morgan fingerprint density at radius 1 is 1.16 bits per heavy atom. The molecule has 3 aromatic rings. The molecular formula is C23H23FN4O4. The highest BCUT2D eigenvalue weighted by atomic mass is 19.1. The normalized spacial score (nSPS) is 15.6. The van der Waals surface area contributed by atoms with Gasteiger partial charge >= 0.3 is 5.69 Å². The fraction of sp³-hybridized carbons (Fsp3) is 0.304. The Kier molecular flexibility index (Phi) is 6.27. The van der Waals surface area contributed by atoms with Gasteiger partial charge in [0.25, 0.3) is 11.5 Å². The standard InChI is InChI=1S/C23H23FN4O4/c1-15-4-6-16(7-5-15)14-27-22(30)20(21(29)25-13-19-3-2-12-32-19)26-28(23(27)31)18-10-8-17(24)9-11-18/h4-11,19H,2-3,12-14H2,1H3,(H,25,29)/t19-/m1/s1. The van der Waals surface area contributed by atoms with Gasteiger partial charge in [-0.15, -0.1) is 0 Å². The van der Waals surface area contributed by atoms with Crippen molar-refractivity contribution in [1.29, 1.82) is 0 Å². The number of aromatic nitrogens is 3. The number of rotatable bonds is 6. The van der Waals surface area contributed by atoms with Gasteiger partial charge in [0.05, 0.1) is 18.3 Å². The summed E-state index contributed by atoms with van der Waals surface area (Å²) in [6, 6.07) is 12.4. The van der Waals surface area contributed by atoms with Crippen LogP contribution < -0.4 is 16.6 Å². The zero-order valence-corrected chi connectivity index (χ0v) is 17.6. The summed E-state index contributed by atoms with van der Waals surface area (Å²) in [5.74, 6) is -1.18. The molecule has 0 bridgehead atoms. The van der Waals surface area contributed by atoms with Gasteiger partial charge in [0.1, 0.15) is 5.82 Å². The monoisotopic (exact) mass is 438 g/mol. The summed E-state index contributed by atoms with van der Waals surface area (Å²) in [4.78, 5) is 39.0. The fourth-order valence-electron chi connectivity index (χ4n) is 3.52. The highest BCUT2D eigenvalue weighted by Gasteiger charge is 2.22. The molecule has 8 nitrogen and oxygen atoms in total. The molecule has 1 aliphatic heterocycles. The lowest BCUT2D eigenvalue weighted by Gasteiger charge is -2.14. The average Bonchev–Trinajstić information content (AvgIpc) is 3.31. The lowest BCUT2D eigenvalue weighted by molar-refractivity contribution is 0.0849. The molecule has 9 heteroatoms. The third-order valence-corrected chi connectivity index (χ3v) is 5.32. The topological polar surface area (TPSA) is 95.2 Å². The van der Waals surface area contributed by atoms with E-state index in [0.29, 0.717) is 6.61 Å². The molecular weight excluding hydrogens is 415 g/mol. The van der Waals surface area contributed by atoms with E-state index in [2.05, 4.69) is 10.4 Å². The third-order valence-electron chi connectivity index (χ3n) is 5.32. The van der Waals surface area contributed by atoms with E-state index >= 15 is 0 Å². The molecule has 1 saturated heterocycles. The molecule has 1 atom stereocenters. The van der Waals surface area contributed by atoms with Crippen LogP contribution in [-0.2, 0) is 11.3 Å². The van der Waals surface area contributed by atoms with Crippen molar-refractivity contribution < 1.29 is 13.9 Å². The number of ether oxygens (including phenoxy) is 1. The van der Waals surface area contributed by atoms with Crippen molar-refractivity contribution >= 4 is 5.91 Å². The Bertz CT molecular complexity index is 1230. The summed E-state index contributed by atoms with van der Waals surface area (Å²) in [6.45, 7) is 2.78. The van der Waals surface area contributed by atoms with Crippen molar-refractivity contribution in [3.8, 4) is 5.69 Å². The van der Waals surface area contributed by atoms with Gasteiger partial charge in [-0.3, -0.25) is 14.2 Å². The maximum absolute atomic E-state index is 13.4. The van der Waals surface area contributed by atoms with Crippen molar-refractivity contribution in [2.45, 2.75) is 32.4 Å². The van der Waals surface area contributed by atoms with Gasteiger partial charge in [-0.1, -0.05) is 29.8 Å². The minimum Gasteiger partial charge on any atom is -0.376 e. The number of halogens is 1. The van der Waals surface area contributed by atoms with Crippen molar-refractivity contribution in [3.63, 3.8) is 0 Å². The van der Waals surface area contributed by atoms with E-state index in [1.165, 1.54) is 24.3 Å². The first-order chi connectivity index (χ1) is 15.4. The molecule has 0 spiro atoms. The Balaban J connectivity index is 1.75. The minimum atomic E-state index is -0.793. The second-order valence-electron chi connectivity index (χ2n) is 7.74. The van der Waals surface area contributed by atoms with E-state index in [1.807, 2.05) is 19.1 Å². The molecule has 1 fully saturated rings. The van der Waals surface area contributed by atoms with E-state index in [9.17, 15) is 18.8 Å². The molecule has 2 aromatic carbocycles. The number of hydrogen-bond acceptors (Lipinski definition) is 5. The Hall–Kier alpha value is -3.59. The van der Waals surface area contributed by atoms with Gasteiger partial charge in [-0.25, -0.2) is 9.18 Å². The number of benzene rings is 2. The van der Waals surface area contributed by atoms with E-state index < -0.39 is 28.7 Å². The molecule has 0 unspecified atom stereocenters. The number of aryl methyl sites for hydroxylation is 1. The average molecular weight is 438 g/mol. The molecule has 1 N–H and O–H groups in total. The van der Waals surface area contributed by atoms with Crippen molar-refractivity contribution in [2.24, 2.45) is 0 Å². The lowest BCUT2D eigenvalue weighted by Crippen LogP contribution is -2.46. The zero-order valence-electron chi connectivity index (χ0n) is 17.6. The van der Waals surface area contributed by atoms with Crippen molar-refractivity contribution in [2.75, 3.05) is 13.2 Å². The number of amides is 1. The van der Waals surface area contributed by atoms with Gasteiger partial charge in [-0.2, -0.15) is 9.78 Å². The van der Waals surface area contributed by atoms with Gasteiger partial charge in [-0.05, 0) is 49.6 Å². The zero-order chi connectivity index (χ0) is 22.7. The summed E-state index contributed by atoms with van der Waals surface area (Å²) >= 11 is 0. The van der Waals surface area contributed by atoms with Gasteiger partial charge in [0.15, 0.2) is 0 Å². The SMILES string of the molecule is Cc1ccc(Cn2c(=O)c(C(=O)NC[C@H]3CCCO3)nn(-c3ccc(F)cc3)c2=O)cc1. The lowest BCUT2D eigenvalue weighted by atomic mass is 10.1. The van der Waals surface area contributed by atoms with Crippen LogP contribution in [0.1, 0.15) is 34.5 Å². The molecule has 166 valence electrons. The molecule has 1 aliphatic rings. The Labute approximate surface area is 183 Å². The van der Waals surface area contributed by atoms with Crippen LogP contribution in [0.4, 0.5) is 4.39 Å². The quantitative estimate of drug-likeness (QED) is 0.633. The third kappa shape index (κ3) is 4.67. The molecule has 1 aromatic heterocycles. The van der Waals surface area contributed by atoms with E-state index in [-0.39, 0.29) is 24.9 Å². The van der Waals surface area contributed by atoms with Crippen molar-refractivity contribution in [3.05, 3.63) is 92.0 Å². The van der Waals surface area contributed by atoms with Crippen LogP contribution in [0.3, 0.4) is 0 Å². The highest BCUT2D eigenvalue weighted by Crippen LogP contribution is 2.11. The highest BCUT2D eigenvalue weighted by molar-refractivity contribution is 5.91. The van der Waals surface area contributed by atoms with E-state index in [0.717, 1.165) is 33.2 Å². The smallest absolute Gasteiger partial charge is 0.352 e. The first-order valence-electron chi connectivity index (χ1n) is 10.4. The van der Waals surface area contributed by atoms with Crippen LogP contribution in [0.15, 0.2) is 58.1 Å². The predicted molar refractivity (Wildman–Crippen MR) is 116 cm³/mol. The maximum atomic E-state index is 13.4. The number of hydrogen-bond donors (Lipinski definition) is 1. The van der Waals surface area contributed by atoms with Crippen LogP contribution in [0, 0.1) is 12.7 Å². The van der Waals surface area contributed by atoms with Crippen molar-refractivity contribution in [1.82, 2.24) is 19.7 Å². The predicted octanol–water partition coefficient (Wildman–Crippen LogP) is 1.80. The molecule has 4 rings (SSSR count). The van der Waals surface area contributed by atoms with Gasteiger partial charge < -0.3 is 10.1 Å².